The smallest absolute Gasteiger partial charge is 0.306 e. The van der Waals surface area contributed by atoms with Crippen molar-refractivity contribution in [1.82, 2.24) is 26.1 Å². The molecule has 0 aliphatic carbocycles. The van der Waals surface area contributed by atoms with Gasteiger partial charge in [0.1, 0.15) is 12.1 Å². The molecule has 3 heterocycles. The van der Waals surface area contributed by atoms with Gasteiger partial charge in [0.25, 0.3) is 11.8 Å². The van der Waals surface area contributed by atoms with Crippen LogP contribution < -0.4 is 16.1 Å². The summed E-state index contributed by atoms with van der Waals surface area (Å²) >= 11 is 0. The second kappa shape index (κ2) is 14.7. The summed E-state index contributed by atoms with van der Waals surface area (Å²) in [6.07, 6.45) is 2.72. The Kier molecular flexibility index (Phi) is 11.1. The van der Waals surface area contributed by atoms with E-state index in [4.69, 9.17) is 9.72 Å². The second-order valence-electron chi connectivity index (χ2n) is 12.1. The molecule has 1 fully saturated rings. The number of pyridine rings is 1. The van der Waals surface area contributed by atoms with Crippen molar-refractivity contribution in [3.05, 3.63) is 41.6 Å². The van der Waals surface area contributed by atoms with Crippen molar-refractivity contribution in [2.45, 2.75) is 109 Å². The molecule has 1 aromatic heterocycles. The minimum atomic E-state index is -1.08. The maximum Gasteiger partial charge on any atom is 0.306 e. The predicted molar refractivity (Wildman–Crippen MR) is 161 cm³/mol. The van der Waals surface area contributed by atoms with Crippen molar-refractivity contribution in [1.29, 1.82) is 0 Å². The molecule has 0 saturated carbocycles. The molecule has 2 aliphatic rings. The molecule has 4 N–H and O–H groups in total. The van der Waals surface area contributed by atoms with E-state index in [2.05, 4.69) is 28.2 Å². The number of aromatic nitrogens is 1. The molecular weight excluding hydrogens is 550 g/mol. The molecule has 43 heavy (non-hydrogen) atoms. The maximum atomic E-state index is 13.2. The molecular formula is C32H45N5O6. The standard InChI is InChI=1S/C32H45N5O6/c1-19(2)29-31(41)34-21(4)32(42)37-17-7-10-26(36-37)30(40)33-20(3)25-15-13-23-12-11-22(18-27(23)35-25)8-5-6-9-24(38)14-16-28(39)43-29/h11-13,15,18-21,24,26,29,36,38H,5-10,14,16-17H2,1-4H3,(H,33,40)(H,34,41)/t20-,21+,24?,26?,29+/m1/s1. The highest BCUT2D eigenvalue weighted by Gasteiger charge is 2.33. The third-order valence-electron chi connectivity index (χ3n) is 8.14. The number of hydrogen-bond acceptors (Lipinski definition) is 8. The number of hydrazine groups is 1. The highest BCUT2D eigenvalue weighted by molar-refractivity contribution is 5.90. The number of ether oxygens (including phenoxy) is 1. The number of aliphatic hydroxyl groups is 1. The van der Waals surface area contributed by atoms with Crippen LogP contribution in [0, 0.1) is 5.92 Å². The number of hydrogen-bond donors (Lipinski definition) is 4. The van der Waals surface area contributed by atoms with E-state index in [0.717, 1.165) is 41.4 Å². The fourth-order valence-electron chi connectivity index (χ4n) is 5.52. The molecule has 2 aromatic rings. The van der Waals surface area contributed by atoms with Crippen LogP contribution in [0.2, 0.25) is 0 Å². The minimum Gasteiger partial charge on any atom is -0.452 e. The first-order valence-corrected chi connectivity index (χ1v) is 15.5. The van der Waals surface area contributed by atoms with E-state index in [1.54, 1.807) is 20.8 Å². The number of fused-ring (bicyclic) bond motifs is 4. The number of benzene rings is 1. The van der Waals surface area contributed by atoms with Gasteiger partial charge >= 0.3 is 5.97 Å². The Balaban J connectivity index is 1.53. The van der Waals surface area contributed by atoms with Crippen LogP contribution in [0.4, 0.5) is 0 Å². The van der Waals surface area contributed by atoms with Crippen LogP contribution in [0.5, 0.6) is 0 Å². The van der Waals surface area contributed by atoms with Gasteiger partial charge in [0.15, 0.2) is 6.10 Å². The van der Waals surface area contributed by atoms with Gasteiger partial charge in [-0.2, -0.15) is 0 Å². The third-order valence-corrected chi connectivity index (χ3v) is 8.14. The quantitative estimate of drug-likeness (QED) is 0.368. The van der Waals surface area contributed by atoms with E-state index in [0.29, 0.717) is 25.8 Å². The molecule has 11 nitrogen and oxygen atoms in total. The van der Waals surface area contributed by atoms with Crippen LogP contribution in [-0.2, 0) is 30.3 Å². The fraction of sp³-hybridized carbons (Fsp3) is 0.594. The van der Waals surface area contributed by atoms with E-state index in [9.17, 15) is 24.3 Å². The van der Waals surface area contributed by atoms with Crippen LogP contribution in [0.3, 0.4) is 0 Å². The van der Waals surface area contributed by atoms with Gasteiger partial charge in [0, 0.05) is 18.4 Å². The van der Waals surface area contributed by atoms with Crippen LogP contribution in [0.25, 0.3) is 10.9 Å². The van der Waals surface area contributed by atoms with Crippen molar-refractivity contribution >= 4 is 34.6 Å². The summed E-state index contributed by atoms with van der Waals surface area (Å²) in [4.78, 5) is 56.9. The lowest BCUT2D eigenvalue weighted by Gasteiger charge is -2.35. The zero-order chi connectivity index (χ0) is 31.1. The monoisotopic (exact) mass is 595 g/mol. The highest BCUT2D eigenvalue weighted by Crippen LogP contribution is 2.21. The van der Waals surface area contributed by atoms with E-state index in [1.807, 2.05) is 25.1 Å². The maximum absolute atomic E-state index is 13.2. The number of amides is 3. The Labute approximate surface area is 253 Å². The molecule has 234 valence electrons. The van der Waals surface area contributed by atoms with Gasteiger partial charge in [-0.05, 0) is 76.0 Å². The van der Waals surface area contributed by atoms with E-state index in [-0.39, 0.29) is 30.7 Å². The summed E-state index contributed by atoms with van der Waals surface area (Å²) in [5.41, 5.74) is 5.75. The van der Waals surface area contributed by atoms with Crippen molar-refractivity contribution in [2.75, 3.05) is 6.54 Å². The zero-order valence-electron chi connectivity index (χ0n) is 25.6. The first kappa shape index (κ1) is 32.3. The van der Waals surface area contributed by atoms with Crippen molar-refractivity contribution in [2.24, 2.45) is 5.92 Å². The SMILES string of the molecule is CC(C)[C@@H]1OC(=O)CCC(O)CCCCc2ccc3ccc(nc3c2)[C@@H](C)NC(=O)C2CCCN(N2)C(=O)[C@H](C)NC1=O. The number of carbonyl (C=O) groups excluding carboxylic acids is 4. The third kappa shape index (κ3) is 8.73. The number of aryl methyl sites for hydroxylation is 1. The van der Waals surface area contributed by atoms with Gasteiger partial charge in [-0.25, -0.2) is 5.43 Å². The van der Waals surface area contributed by atoms with Crippen LogP contribution in [0.1, 0.15) is 89.9 Å². The average Bonchev–Trinajstić information content (AvgIpc) is 2.99. The number of esters is 1. The summed E-state index contributed by atoms with van der Waals surface area (Å²) in [5, 5.41) is 18.5. The van der Waals surface area contributed by atoms with E-state index < -0.39 is 42.1 Å². The highest BCUT2D eigenvalue weighted by atomic mass is 16.5. The lowest BCUT2D eigenvalue weighted by molar-refractivity contribution is -0.160. The number of nitrogens with one attached hydrogen (secondary N) is 3. The fourth-order valence-corrected chi connectivity index (χ4v) is 5.52. The molecule has 2 unspecified atom stereocenters. The molecule has 4 rings (SSSR count). The molecule has 5 bridgehead atoms. The average molecular weight is 596 g/mol. The number of cyclic esters (lactones) is 1. The Bertz CT molecular complexity index is 1320. The van der Waals surface area contributed by atoms with Gasteiger partial charge in [-0.15, -0.1) is 0 Å². The molecule has 0 spiro atoms. The lowest BCUT2D eigenvalue weighted by atomic mass is 10.0. The molecule has 1 saturated heterocycles. The Morgan fingerprint density at radius 1 is 0.907 bits per heavy atom. The van der Waals surface area contributed by atoms with Crippen LogP contribution in [-0.4, -0.2) is 69.6 Å². The normalized spacial score (nSPS) is 27.4. The zero-order valence-corrected chi connectivity index (χ0v) is 25.6. The van der Waals surface area contributed by atoms with Crippen LogP contribution >= 0.6 is 0 Å². The molecule has 3 amide bonds. The number of carbonyl (C=O) groups is 4. The number of rotatable bonds is 1. The minimum absolute atomic E-state index is 0.00952. The topological polar surface area (TPSA) is 150 Å². The molecule has 11 heteroatoms. The molecule has 2 aliphatic heterocycles. The summed E-state index contributed by atoms with van der Waals surface area (Å²) in [6, 6.07) is 8.21. The molecule has 1 aromatic carbocycles. The Morgan fingerprint density at radius 3 is 2.42 bits per heavy atom. The molecule has 0 radical (unpaired) electrons. The largest absolute Gasteiger partial charge is 0.452 e. The van der Waals surface area contributed by atoms with Gasteiger partial charge in [-0.3, -0.25) is 29.2 Å². The molecule has 5 atom stereocenters. The van der Waals surface area contributed by atoms with Crippen molar-refractivity contribution < 1.29 is 29.0 Å². The summed E-state index contributed by atoms with van der Waals surface area (Å²) in [7, 11) is 0. The second-order valence-corrected chi connectivity index (χ2v) is 12.1. The summed E-state index contributed by atoms with van der Waals surface area (Å²) < 4.78 is 5.49. The Morgan fingerprint density at radius 2 is 1.65 bits per heavy atom. The number of aliphatic hydroxyl groups excluding tert-OH is 1. The number of nitrogens with zero attached hydrogens (tertiary/aromatic N) is 2. The van der Waals surface area contributed by atoms with E-state index in [1.165, 1.54) is 5.01 Å². The van der Waals surface area contributed by atoms with Gasteiger partial charge in [0.2, 0.25) is 5.91 Å². The van der Waals surface area contributed by atoms with Gasteiger partial charge in [0.05, 0.1) is 23.4 Å². The van der Waals surface area contributed by atoms with Gasteiger partial charge < -0.3 is 20.5 Å². The van der Waals surface area contributed by atoms with Crippen LogP contribution in [0.15, 0.2) is 30.3 Å². The lowest BCUT2D eigenvalue weighted by Crippen LogP contribution is -2.61. The van der Waals surface area contributed by atoms with Gasteiger partial charge in [-0.1, -0.05) is 38.5 Å². The first-order valence-electron chi connectivity index (χ1n) is 15.5. The first-order chi connectivity index (χ1) is 20.5. The predicted octanol–water partition coefficient (Wildman–Crippen LogP) is 2.85. The van der Waals surface area contributed by atoms with E-state index >= 15 is 0 Å². The van der Waals surface area contributed by atoms with Crippen molar-refractivity contribution in [3.8, 4) is 0 Å². The van der Waals surface area contributed by atoms with Crippen molar-refractivity contribution in [3.63, 3.8) is 0 Å². The summed E-state index contributed by atoms with van der Waals surface area (Å²) in [5.74, 6) is -2.09. The Hall–Kier alpha value is -3.57. The summed E-state index contributed by atoms with van der Waals surface area (Å²) in [6.45, 7) is 7.35.